The molecule has 0 aliphatic carbocycles. The quantitative estimate of drug-likeness (QED) is 0.809. The van der Waals surface area contributed by atoms with Crippen molar-refractivity contribution in [1.29, 1.82) is 0 Å². The summed E-state index contributed by atoms with van der Waals surface area (Å²) in [5.41, 5.74) is 1.88. The standard InChI is InChI=1S/C18H19FN2OS/c1-18(2,3)13-10-8-12(9-11-13)16(22)21-17(23)20-15-7-5-4-6-14(15)19/h4-11H,1-3H3,(H2,20,21,22,23). The highest BCUT2D eigenvalue weighted by molar-refractivity contribution is 7.80. The van der Waals surface area contributed by atoms with Gasteiger partial charge in [0.25, 0.3) is 5.91 Å². The van der Waals surface area contributed by atoms with E-state index >= 15 is 0 Å². The van der Waals surface area contributed by atoms with E-state index in [1.165, 1.54) is 6.07 Å². The first-order chi connectivity index (χ1) is 10.8. The van der Waals surface area contributed by atoms with Crippen molar-refractivity contribution >= 4 is 28.9 Å². The number of para-hydroxylation sites is 1. The number of rotatable bonds is 2. The fourth-order valence-electron chi connectivity index (χ4n) is 2.01. The largest absolute Gasteiger partial charge is 0.330 e. The van der Waals surface area contributed by atoms with Gasteiger partial charge < -0.3 is 5.32 Å². The first-order valence-electron chi connectivity index (χ1n) is 7.25. The number of hydrogen-bond donors (Lipinski definition) is 2. The molecule has 2 rings (SSSR count). The van der Waals surface area contributed by atoms with Crippen LogP contribution < -0.4 is 10.6 Å². The van der Waals surface area contributed by atoms with Crippen LogP contribution in [0, 0.1) is 5.82 Å². The first kappa shape index (κ1) is 17.1. The van der Waals surface area contributed by atoms with Gasteiger partial charge in [-0.15, -0.1) is 0 Å². The molecule has 0 aliphatic heterocycles. The average molecular weight is 330 g/mol. The third-order valence-corrected chi connectivity index (χ3v) is 3.57. The van der Waals surface area contributed by atoms with Gasteiger partial charge in [0.1, 0.15) is 5.82 Å². The molecular weight excluding hydrogens is 311 g/mol. The smallest absolute Gasteiger partial charge is 0.257 e. The highest BCUT2D eigenvalue weighted by Crippen LogP contribution is 2.22. The highest BCUT2D eigenvalue weighted by Gasteiger charge is 2.15. The molecule has 2 N–H and O–H groups in total. The molecule has 120 valence electrons. The average Bonchev–Trinajstić information content (AvgIpc) is 2.49. The van der Waals surface area contributed by atoms with Gasteiger partial charge in [0.15, 0.2) is 5.11 Å². The van der Waals surface area contributed by atoms with Crippen LogP contribution in [0.2, 0.25) is 0 Å². The van der Waals surface area contributed by atoms with Gasteiger partial charge in [-0.05, 0) is 47.5 Å². The van der Waals surface area contributed by atoms with Gasteiger partial charge in [-0.1, -0.05) is 45.0 Å². The molecule has 0 aliphatic rings. The maximum atomic E-state index is 13.5. The second-order valence-electron chi connectivity index (χ2n) is 6.22. The predicted octanol–water partition coefficient (Wildman–Crippen LogP) is 4.25. The summed E-state index contributed by atoms with van der Waals surface area (Å²) >= 11 is 5.05. The molecule has 2 aromatic rings. The van der Waals surface area contributed by atoms with E-state index in [4.69, 9.17) is 12.2 Å². The molecule has 0 saturated carbocycles. The Balaban J connectivity index is 2.01. The fraction of sp³-hybridized carbons (Fsp3) is 0.222. The van der Waals surface area contributed by atoms with Crippen molar-refractivity contribution in [3.05, 3.63) is 65.5 Å². The monoisotopic (exact) mass is 330 g/mol. The number of hydrogen-bond acceptors (Lipinski definition) is 2. The molecule has 2 aromatic carbocycles. The van der Waals surface area contributed by atoms with Crippen molar-refractivity contribution < 1.29 is 9.18 Å². The summed E-state index contributed by atoms with van der Waals surface area (Å²) in [5, 5.41) is 5.27. The molecule has 1 amide bonds. The number of amides is 1. The van der Waals surface area contributed by atoms with Gasteiger partial charge in [0.05, 0.1) is 5.69 Å². The SMILES string of the molecule is CC(C)(C)c1ccc(C(=O)NC(=S)Nc2ccccc2F)cc1. The molecule has 0 saturated heterocycles. The number of anilines is 1. The Morgan fingerprint density at radius 1 is 1.04 bits per heavy atom. The summed E-state index contributed by atoms with van der Waals surface area (Å²) in [6.45, 7) is 6.32. The minimum absolute atomic E-state index is 0.0245. The Labute approximate surface area is 140 Å². The van der Waals surface area contributed by atoms with E-state index in [1.807, 2.05) is 12.1 Å². The van der Waals surface area contributed by atoms with Crippen LogP contribution in [0.4, 0.5) is 10.1 Å². The molecule has 0 bridgehead atoms. The number of benzene rings is 2. The van der Waals surface area contributed by atoms with Crippen molar-refractivity contribution in [2.75, 3.05) is 5.32 Å². The second kappa shape index (κ2) is 6.87. The molecular formula is C18H19FN2OS. The van der Waals surface area contributed by atoms with Gasteiger partial charge in [-0.3, -0.25) is 10.1 Å². The van der Waals surface area contributed by atoms with Gasteiger partial charge in [0, 0.05) is 5.56 Å². The van der Waals surface area contributed by atoms with Crippen molar-refractivity contribution in [2.24, 2.45) is 0 Å². The van der Waals surface area contributed by atoms with Crippen LogP contribution >= 0.6 is 12.2 Å². The van der Waals surface area contributed by atoms with Crippen LogP contribution in [0.15, 0.2) is 48.5 Å². The molecule has 0 aromatic heterocycles. The third-order valence-electron chi connectivity index (χ3n) is 3.36. The number of carbonyl (C=O) groups is 1. The van der Waals surface area contributed by atoms with E-state index in [2.05, 4.69) is 31.4 Å². The Kier molecular flexibility index (Phi) is 5.11. The zero-order chi connectivity index (χ0) is 17.0. The van der Waals surface area contributed by atoms with Crippen molar-refractivity contribution in [3.8, 4) is 0 Å². The Morgan fingerprint density at radius 3 is 2.22 bits per heavy atom. The van der Waals surface area contributed by atoms with E-state index < -0.39 is 5.82 Å². The van der Waals surface area contributed by atoms with Crippen molar-refractivity contribution in [2.45, 2.75) is 26.2 Å². The number of thiocarbonyl (C=S) groups is 1. The molecule has 0 radical (unpaired) electrons. The molecule has 23 heavy (non-hydrogen) atoms. The zero-order valence-corrected chi connectivity index (χ0v) is 14.1. The van der Waals surface area contributed by atoms with Crippen LogP contribution in [-0.4, -0.2) is 11.0 Å². The van der Waals surface area contributed by atoms with E-state index in [1.54, 1.807) is 30.3 Å². The van der Waals surface area contributed by atoms with E-state index in [0.717, 1.165) is 5.56 Å². The molecule has 0 spiro atoms. The van der Waals surface area contributed by atoms with E-state index in [9.17, 15) is 9.18 Å². The Morgan fingerprint density at radius 2 is 1.65 bits per heavy atom. The predicted molar refractivity (Wildman–Crippen MR) is 95.2 cm³/mol. The summed E-state index contributed by atoms with van der Waals surface area (Å²) in [5.74, 6) is -0.766. The van der Waals surface area contributed by atoms with Crippen LogP contribution in [0.25, 0.3) is 0 Å². The van der Waals surface area contributed by atoms with Crippen LogP contribution in [0.5, 0.6) is 0 Å². The normalized spacial score (nSPS) is 11.0. The van der Waals surface area contributed by atoms with Crippen LogP contribution in [0.3, 0.4) is 0 Å². The lowest BCUT2D eigenvalue weighted by Crippen LogP contribution is -2.34. The fourth-order valence-corrected chi connectivity index (χ4v) is 2.22. The lowest BCUT2D eigenvalue weighted by atomic mass is 9.87. The lowest BCUT2D eigenvalue weighted by molar-refractivity contribution is 0.0977. The maximum absolute atomic E-state index is 13.5. The Hall–Kier alpha value is -2.27. The van der Waals surface area contributed by atoms with E-state index in [-0.39, 0.29) is 22.1 Å². The maximum Gasteiger partial charge on any atom is 0.257 e. The number of carbonyl (C=O) groups excluding carboxylic acids is 1. The highest BCUT2D eigenvalue weighted by atomic mass is 32.1. The summed E-state index contributed by atoms with van der Waals surface area (Å²) in [6.07, 6.45) is 0. The third kappa shape index (κ3) is 4.60. The molecule has 0 atom stereocenters. The summed E-state index contributed by atoms with van der Waals surface area (Å²) < 4.78 is 13.5. The van der Waals surface area contributed by atoms with Crippen molar-refractivity contribution in [1.82, 2.24) is 5.32 Å². The molecule has 3 nitrogen and oxygen atoms in total. The van der Waals surface area contributed by atoms with Gasteiger partial charge >= 0.3 is 0 Å². The van der Waals surface area contributed by atoms with Gasteiger partial charge in [0.2, 0.25) is 0 Å². The first-order valence-corrected chi connectivity index (χ1v) is 7.65. The van der Waals surface area contributed by atoms with E-state index in [0.29, 0.717) is 5.56 Å². The molecule has 0 unspecified atom stereocenters. The zero-order valence-electron chi connectivity index (χ0n) is 13.3. The summed E-state index contributed by atoms with van der Waals surface area (Å²) in [6, 6.07) is 13.5. The van der Waals surface area contributed by atoms with Crippen LogP contribution in [0.1, 0.15) is 36.7 Å². The van der Waals surface area contributed by atoms with Gasteiger partial charge in [-0.25, -0.2) is 4.39 Å². The molecule has 0 heterocycles. The number of halogens is 1. The second-order valence-corrected chi connectivity index (χ2v) is 6.62. The molecule has 0 fully saturated rings. The number of nitrogens with one attached hydrogen (secondary N) is 2. The molecule has 5 heteroatoms. The summed E-state index contributed by atoms with van der Waals surface area (Å²) in [4.78, 5) is 12.2. The minimum Gasteiger partial charge on any atom is -0.330 e. The van der Waals surface area contributed by atoms with Crippen LogP contribution in [-0.2, 0) is 5.41 Å². The van der Waals surface area contributed by atoms with Crippen molar-refractivity contribution in [3.63, 3.8) is 0 Å². The Bertz CT molecular complexity index is 721. The summed E-state index contributed by atoms with van der Waals surface area (Å²) in [7, 11) is 0. The minimum atomic E-state index is -0.432. The topological polar surface area (TPSA) is 41.1 Å². The van der Waals surface area contributed by atoms with Gasteiger partial charge in [-0.2, -0.15) is 0 Å². The lowest BCUT2D eigenvalue weighted by Gasteiger charge is -2.19.